The Labute approximate surface area is 60.5 Å². The lowest BCUT2D eigenvalue weighted by Crippen LogP contribution is -2.20. The van der Waals surface area contributed by atoms with Crippen LogP contribution in [-0.4, -0.2) is 18.0 Å². The van der Waals surface area contributed by atoms with E-state index in [0.717, 1.165) is 19.4 Å². The van der Waals surface area contributed by atoms with Crippen molar-refractivity contribution in [3.63, 3.8) is 0 Å². The van der Waals surface area contributed by atoms with Crippen LogP contribution in [0.25, 0.3) is 0 Å². The van der Waals surface area contributed by atoms with Crippen molar-refractivity contribution in [1.82, 2.24) is 0 Å². The predicted molar refractivity (Wildman–Crippen MR) is 37.3 cm³/mol. The van der Waals surface area contributed by atoms with E-state index in [1.54, 1.807) is 0 Å². The standard InChI is InChI=1S/C8H12O2/c9-8-7-4-2-1-3-6(7)5-10-8/h1-2,6-9H,3-5H2. The molecule has 2 nitrogen and oxygen atoms in total. The minimum Gasteiger partial charge on any atom is -0.368 e. The van der Waals surface area contributed by atoms with Crippen LogP contribution in [0.4, 0.5) is 0 Å². The molecule has 10 heavy (non-hydrogen) atoms. The van der Waals surface area contributed by atoms with Crippen LogP contribution in [0, 0.1) is 11.8 Å². The van der Waals surface area contributed by atoms with Gasteiger partial charge < -0.3 is 9.84 Å². The number of aliphatic hydroxyl groups excluding tert-OH is 1. The van der Waals surface area contributed by atoms with Gasteiger partial charge in [0.25, 0.3) is 0 Å². The molecule has 0 aromatic carbocycles. The second kappa shape index (κ2) is 2.36. The van der Waals surface area contributed by atoms with Crippen LogP contribution >= 0.6 is 0 Å². The highest BCUT2D eigenvalue weighted by atomic mass is 16.6. The molecule has 2 rings (SSSR count). The highest BCUT2D eigenvalue weighted by Gasteiger charge is 2.35. The zero-order chi connectivity index (χ0) is 6.97. The summed E-state index contributed by atoms with van der Waals surface area (Å²) in [7, 11) is 0. The van der Waals surface area contributed by atoms with E-state index in [1.807, 2.05) is 0 Å². The third-order valence-corrected chi connectivity index (χ3v) is 2.47. The van der Waals surface area contributed by atoms with E-state index in [2.05, 4.69) is 12.2 Å². The fourth-order valence-corrected chi connectivity index (χ4v) is 1.78. The Morgan fingerprint density at radius 1 is 1.30 bits per heavy atom. The molecular weight excluding hydrogens is 128 g/mol. The van der Waals surface area contributed by atoms with Crippen molar-refractivity contribution >= 4 is 0 Å². The van der Waals surface area contributed by atoms with Gasteiger partial charge in [-0.1, -0.05) is 12.2 Å². The molecule has 2 heteroatoms. The Hall–Kier alpha value is -0.340. The average molecular weight is 140 g/mol. The SMILES string of the molecule is OC1OCC2CC=CCC21. The Morgan fingerprint density at radius 2 is 2.10 bits per heavy atom. The van der Waals surface area contributed by atoms with Crippen LogP contribution in [0.5, 0.6) is 0 Å². The zero-order valence-corrected chi connectivity index (χ0v) is 5.86. The van der Waals surface area contributed by atoms with E-state index in [-0.39, 0.29) is 0 Å². The second-order valence-electron chi connectivity index (χ2n) is 3.09. The Balaban J connectivity index is 2.10. The van der Waals surface area contributed by atoms with E-state index in [9.17, 15) is 5.11 Å². The molecule has 1 fully saturated rings. The molecule has 0 bridgehead atoms. The van der Waals surface area contributed by atoms with E-state index in [4.69, 9.17) is 4.74 Å². The lowest BCUT2D eigenvalue weighted by molar-refractivity contribution is -0.0816. The molecule has 0 amide bonds. The number of hydrogen-bond acceptors (Lipinski definition) is 2. The van der Waals surface area contributed by atoms with Gasteiger partial charge in [-0.05, 0) is 18.8 Å². The summed E-state index contributed by atoms with van der Waals surface area (Å²) < 4.78 is 5.12. The van der Waals surface area contributed by atoms with E-state index in [1.165, 1.54) is 0 Å². The molecule has 0 aromatic rings. The molecule has 1 heterocycles. The van der Waals surface area contributed by atoms with Crippen LogP contribution in [0.3, 0.4) is 0 Å². The molecule has 1 N–H and O–H groups in total. The zero-order valence-electron chi connectivity index (χ0n) is 5.86. The van der Waals surface area contributed by atoms with Gasteiger partial charge in [0.1, 0.15) is 0 Å². The first-order chi connectivity index (χ1) is 4.88. The van der Waals surface area contributed by atoms with E-state index < -0.39 is 6.29 Å². The Bertz CT molecular complexity index is 153. The fourth-order valence-electron chi connectivity index (χ4n) is 1.78. The van der Waals surface area contributed by atoms with Crippen molar-refractivity contribution in [1.29, 1.82) is 0 Å². The summed E-state index contributed by atoms with van der Waals surface area (Å²) in [6.07, 6.45) is 5.91. The van der Waals surface area contributed by atoms with Crippen molar-refractivity contribution in [3.8, 4) is 0 Å². The van der Waals surface area contributed by atoms with Crippen LogP contribution < -0.4 is 0 Å². The minimum absolute atomic E-state index is 0.380. The Kier molecular flexibility index (Phi) is 1.51. The lowest BCUT2D eigenvalue weighted by Gasteiger charge is -2.19. The first kappa shape index (κ1) is 6.38. The summed E-state index contributed by atoms with van der Waals surface area (Å²) >= 11 is 0. The van der Waals surface area contributed by atoms with Crippen molar-refractivity contribution in [3.05, 3.63) is 12.2 Å². The van der Waals surface area contributed by atoms with Gasteiger partial charge in [0.2, 0.25) is 0 Å². The first-order valence-electron chi connectivity index (χ1n) is 3.82. The maximum Gasteiger partial charge on any atom is 0.158 e. The second-order valence-corrected chi connectivity index (χ2v) is 3.09. The molecule has 1 saturated heterocycles. The molecule has 0 saturated carbocycles. The molecule has 1 aliphatic carbocycles. The number of allylic oxidation sites excluding steroid dienone is 2. The summed E-state index contributed by atoms with van der Waals surface area (Å²) in [4.78, 5) is 0. The smallest absolute Gasteiger partial charge is 0.158 e. The average Bonchev–Trinajstić information content (AvgIpc) is 2.34. The molecule has 0 radical (unpaired) electrons. The van der Waals surface area contributed by atoms with Crippen LogP contribution in [0.15, 0.2) is 12.2 Å². The third-order valence-electron chi connectivity index (χ3n) is 2.47. The van der Waals surface area contributed by atoms with E-state index >= 15 is 0 Å². The van der Waals surface area contributed by atoms with Gasteiger partial charge in [-0.2, -0.15) is 0 Å². The van der Waals surface area contributed by atoms with Crippen LogP contribution in [-0.2, 0) is 4.74 Å². The molecular formula is C8H12O2. The quantitative estimate of drug-likeness (QED) is 0.507. The molecule has 0 aromatic heterocycles. The van der Waals surface area contributed by atoms with Gasteiger partial charge >= 0.3 is 0 Å². The van der Waals surface area contributed by atoms with Crippen molar-refractivity contribution in [2.45, 2.75) is 19.1 Å². The highest BCUT2D eigenvalue weighted by Crippen LogP contribution is 2.34. The number of fused-ring (bicyclic) bond motifs is 1. The van der Waals surface area contributed by atoms with Crippen LogP contribution in [0.1, 0.15) is 12.8 Å². The van der Waals surface area contributed by atoms with Crippen molar-refractivity contribution in [2.75, 3.05) is 6.61 Å². The normalized spacial score (nSPS) is 45.5. The number of hydrogen-bond donors (Lipinski definition) is 1. The van der Waals surface area contributed by atoms with E-state index in [0.29, 0.717) is 11.8 Å². The summed E-state index contributed by atoms with van der Waals surface area (Å²) in [6, 6.07) is 0. The molecule has 3 atom stereocenters. The summed E-state index contributed by atoms with van der Waals surface area (Å²) in [5.41, 5.74) is 0. The number of aliphatic hydroxyl groups is 1. The van der Waals surface area contributed by atoms with Gasteiger partial charge in [0, 0.05) is 5.92 Å². The molecule has 0 spiro atoms. The van der Waals surface area contributed by atoms with Gasteiger partial charge in [-0.25, -0.2) is 0 Å². The minimum atomic E-state index is -0.491. The third kappa shape index (κ3) is 0.879. The monoisotopic (exact) mass is 140 g/mol. The van der Waals surface area contributed by atoms with Gasteiger partial charge in [-0.15, -0.1) is 0 Å². The summed E-state index contributed by atoms with van der Waals surface area (Å²) in [5.74, 6) is 0.963. The summed E-state index contributed by atoms with van der Waals surface area (Å²) in [5, 5.41) is 9.27. The summed E-state index contributed by atoms with van der Waals surface area (Å²) in [6.45, 7) is 0.746. The molecule has 56 valence electrons. The number of rotatable bonds is 0. The molecule has 3 unspecified atom stereocenters. The van der Waals surface area contributed by atoms with Crippen molar-refractivity contribution < 1.29 is 9.84 Å². The molecule has 2 aliphatic rings. The lowest BCUT2D eigenvalue weighted by atomic mass is 9.85. The predicted octanol–water partition coefficient (Wildman–Crippen LogP) is 0.917. The van der Waals surface area contributed by atoms with Gasteiger partial charge in [-0.3, -0.25) is 0 Å². The Morgan fingerprint density at radius 3 is 2.90 bits per heavy atom. The van der Waals surface area contributed by atoms with Crippen LogP contribution in [0.2, 0.25) is 0 Å². The number of ether oxygens (including phenoxy) is 1. The first-order valence-corrected chi connectivity index (χ1v) is 3.82. The topological polar surface area (TPSA) is 29.5 Å². The van der Waals surface area contributed by atoms with Gasteiger partial charge in [0.05, 0.1) is 6.61 Å². The van der Waals surface area contributed by atoms with Crippen molar-refractivity contribution in [2.24, 2.45) is 11.8 Å². The maximum atomic E-state index is 9.27. The fraction of sp³-hybridized carbons (Fsp3) is 0.750. The maximum absolute atomic E-state index is 9.27. The highest BCUT2D eigenvalue weighted by molar-refractivity contribution is 4.97. The largest absolute Gasteiger partial charge is 0.368 e. The van der Waals surface area contributed by atoms with Gasteiger partial charge in [0.15, 0.2) is 6.29 Å². The molecule has 1 aliphatic heterocycles.